The maximum atomic E-state index is 5.79. The molecule has 3 heteroatoms. The maximum Gasteiger partial charge on any atom is 0.0725 e. The van der Waals surface area contributed by atoms with Gasteiger partial charge >= 0.3 is 0 Å². The predicted octanol–water partition coefficient (Wildman–Crippen LogP) is 1.44. The van der Waals surface area contributed by atoms with Crippen molar-refractivity contribution in [1.29, 1.82) is 0 Å². The number of hydrogen-bond donors (Lipinski definition) is 0. The standard InChI is InChI=1S/C13H26N2O/c1-12(2)13-11-15(9-10-16-13)8-7-14-5-3-4-6-14/h12-13H,3-11H2,1-2H3. The van der Waals surface area contributed by atoms with Gasteiger partial charge in [-0.3, -0.25) is 4.90 Å². The average Bonchev–Trinajstić information content (AvgIpc) is 2.79. The van der Waals surface area contributed by atoms with Crippen LogP contribution in [0.2, 0.25) is 0 Å². The van der Waals surface area contributed by atoms with Gasteiger partial charge in [-0.25, -0.2) is 0 Å². The van der Waals surface area contributed by atoms with Crippen LogP contribution in [0.1, 0.15) is 26.7 Å². The quantitative estimate of drug-likeness (QED) is 0.721. The van der Waals surface area contributed by atoms with Crippen LogP contribution in [-0.4, -0.2) is 61.8 Å². The van der Waals surface area contributed by atoms with Crippen molar-refractivity contribution in [1.82, 2.24) is 9.80 Å². The van der Waals surface area contributed by atoms with Crippen molar-refractivity contribution in [2.45, 2.75) is 32.8 Å². The lowest BCUT2D eigenvalue weighted by Gasteiger charge is -2.35. The molecule has 2 aliphatic heterocycles. The van der Waals surface area contributed by atoms with Gasteiger partial charge in [0.15, 0.2) is 0 Å². The monoisotopic (exact) mass is 226 g/mol. The lowest BCUT2D eigenvalue weighted by Crippen LogP contribution is -2.47. The number of rotatable bonds is 4. The van der Waals surface area contributed by atoms with Crippen LogP contribution in [0.4, 0.5) is 0 Å². The van der Waals surface area contributed by atoms with Crippen LogP contribution < -0.4 is 0 Å². The highest BCUT2D eigenvalue weighted by Gasteiger charge is 2.23. The Kier molecular flexibility index (Phi) is 4.62. The summed E-state index contributed by atoms with van der Waals surface area (Å²) in [7, 11) is 0. The Labute approximate surface area is 99.7 Å². The first-order valence-electron chi connectivity index (χ1n) is 6.82. The lowest BCUT2D eigenvalue weighted by molar-refractivity contribution is -0.0516. The van der Waals surface area contributed by atoms with E-state index in [0.717, 1.165) is 19.7 Å². The van der Waals surface area contributed by atoms with Gasteiger partial charge in [0, 0.05) is 26.2 Å². The molecule has 0 amide bonds. The molecular formula is C13H26N2O. The first-order chi connectivity index (χ1) is 7.75. The van der Waals surface area contributed by atoms with Crippen molar-refractivity contribution in [2.24, 2.45) is 5.92 Å². The molecule has 2 aliphatic rings. The van der Waals surface area contributed by atoms with Crippen LogP contribution in [0.5, 0.6) is 0 Å². The Morgan fingerprint density at radius 1 is 1.06 bits per heavy atom. The predicted molar refractivity (Wildman–Crippen MR) is 66.7 cm³/mol. The second-order valence-electron chi connectivity index (χ2n) is 5.50. The number of ether oxygens (including phenoxy) is 1. The normalized spacial score (nSPS) is 29.1. The summed E-state index contributed by atoms with van der Waals surface area (Å²) in [4.78, 5) is 5.17. The molecule has 0 N–H and O–H groups in total. The Morgan fingerprint density at radius 3 is 2.44 bits per heavy atom. The van der Waals surface area contributed by atoms with E-state index in [0.29, 0.717) is 12.0 Å². The van der Waals surface area contributed by atoms with Gasteiger partial charge in [0.2, 0.25) is 0 Å². The van der Waals surface area contributed by atoms with Crippen LogP contribution in [-0.2, 0) is 4.74 Å². The molecule has 0 aromatic carbocycles. The minimum Gasteiger partial charge on any atom is -0.375 e. The third-order valence-electron chi connectivity index (χ3n) is 3.85. The van der Waals surface area contributed by atoms with E-state index in [4.69, 9.17) is 4.74 Å². The molecule has 0 saturated carbocycles. The van der Waals surface area contributed by atoms with Crippen LogP contribution in [0.25, 0.3) is 0 Å². The molecule has 2 rings (SSSR count). The van der Waals surface area contributed by atoms with Gasteiger partial charge in [-0.2, -0.15) is 0 Å². The molecular weight excluding hydrogens is 200 g/mol. The molecule has 1 unspecified atom stereocenters. The van der Waals surface area contributed by atoms with Crippen molar-refractivity contribution < 1.29 is 4.74 Å². The summed E-state index contributed by atoms with van der Waals surface area (Å²) in [5.74, 6) is 0.648. The second kappa shape index (κ2) is 5.99. The topological polar surface area (TPSA) is 15.7 Å². The maximum absolute atomic E-state index is 5.79. The number of likely N-dealkylation sites (tertiary alicyclic amines) is 1. The third-order valence-corrected chi connectivity index (χ3v) is 3.85. The summed E-state index contributed by atoms with van der Waals surface area (Å²) in [6.45, 7) is 12.8. The molecule has 2 heterocycles. The molecule has 94 valence electrons. The zero-order valence-corrected chi connectivity index (χ0v) is 10.8. The largest absolute Gasteiger partial charge is 0.375 e. The van der Waals surface area contributed by atoms with E-state index in [1.807, 2.05) is 0 Å². The molecule has 3 nitrogen and oxygen atoms in total. The van der Waals surface area contributed by atoms with Gasteiger partial charge in [0.05, 0.1) is 12.7 Å². The van der Waals surface area contributed by atoms with Crippen molar-refractivity contribution in [3.05, 3.63) is 0 Å². The zero-order chi connectivity index (χ0) is 11.4. The van der Waals surface area contributed by atoms with Crippen molar-refractivity contribution >= 4 is 0 Å². The Balaban J connectivity index is 1.68. The van der Waals surface area contributed by atoms with Crippen molar-refractivity contribution in [2.75, 3.05) is 45.9 Å². The zero-order valence-electron chi connectivity index (χ0n) is 10.8. The van der Waals surface area contributed by atoms with Crippen LogP contribution in [0, 0.1) is 5.92 Å². The number of nitrogens with zero attached hydrogens (tertiary/aromatic N) is 2. The van der Waals surface area contributed by atoms with E-state index in [1.165, 1.54) is 39.0 Å². The molecule has 1 atom stereocenters. The Bertz CT molecular complexity index is 202. The van der Waals surface area contributed by atoms with E-state index in [2.05, 4.69) is 23.6 Å². The summed E-state index contributed by atoms with van der Waals surface area (Å²) >= 11 is 0. The molecule has 2 fully saturated rings. The van der Waals surface area contributed by atoms with E-state index in [1.54, 1.807) is 0 Å². The number of morpholine rings is 1. The van der Waals surface area contributed by atoms with Crippen LogP contribution in [0.15, 0.2) is 0 Å². The minimum atomic E-state index is 0.451. The first kappa shape index (κ1) is 12.3. The first-order valence-corrected chi connectivity index (χ1v) is 6.82. The van der Waals surface area contributed by atoms with E-state index >= 15 is 0 Å². The Hall–Kier alpha value is -0.120. The van der Waals surface area contributed by atoms with Crippen molar-refractivity contribution in [3.63, 3.8) is 0 Å². The lowest BCUT2D eigenvalue weighted by atomic mass is 10.1. The highest BCUT2D eigenvalue weighted by atomic mass is 16.5. The summed E-state index contributed by atoms with van der Waals surface area (Å²) in [6, 6.07) is 0. The van der Waals surface area contributed by atoms with Gasteiger partial charge in [0.1, 0.15) is 0 Å². The third kappa shape index (κ3) is 3.44. The minimum absolute atomic E-state index is 0.451. The molecule has 2 saturated heterocycles. The Morgan fingerprint density at radius 2 is 1.75 bits per heavy atom. The fraction of sp³-hybridized carbons (Fsp3) is 1.00. The van der Waals surface area contributed by atoms with E-state index < -0.39 is 0 Å². The summed E-state index contributed by atoms with van der Waals surface area (Å²) in [5.41, 5.74) is 0. The van der Waals surface area contributed by atoms with Gasteiger partial charge in [-0.05, 0) is 31.8 Å². The second-order valence-corrected chi connectivity index (χ2v) is 5.50. The molecule has 0 radical (unpaired) electrons. The molecule has 0 spiro atoms. The van der Waals surface area contributed by atoms with E-state index in [-0.39, 0.29) is 0 Å². The smallest absolute Gasteiger partial charge is 0.0725 e. The highest BCUT2D eigenvalue weighted by molar-refractivity contribution is 4.75. The molecule has 16 heavy (non-hydrogen) atoms. The average molecular weight is 226 g/mol. The SMILES string of the molecule is CC(C)C1CN(CCN2CCCC2)CCO1. The van der Waals surface area contributed by atoms with Crippen molar-refractivity contribution in [3.8, 4) is 0 Å². The number of hydrogen-bond acceptors (Lipinski definition) is 3. The van der Waals surface area contributed by atoms with Gasteiger partial charge in [-0.1, -0.05) is 13.8 Å². The fourth-order valence-electron chi connectivity index (χ4n) is 2.63. The van der Waals surface area contributed by atoms with Gasteiger partial charge in [0.25, 0.3) is 0 Å². The van der Waals surface area contributed by atoms with Gasteiger partial charge < -0.3 is 9.64 Å². The summed E-state index contributed by atoms with van der Waals surface area (Å²) in [5, 5.41) is 0. The summed E-state index contributed by atoms with van der Waals surface area (Å²) < 4.78 is 5.79. The molecule has 0 aromatic heterocycles. The summed E-state index contributed by atoms with van der Waals surface area (Å²) in [6.07, 6.45) is 3.25. The molecule has 0 aromatic rings. The highest BCUT2D eigenvalue weighted by Crippen LogP contribution is 2.14. The van der Waals surface area contributed by atoms with Crippen LogP contribution in [0.3, 0.4) is 0 Å². The molecule has 0 aliphatic carbocycles. The van der Waals surface area contributed by atoms with Crippen LogP contribution >= 0.6 is 0 Å². The van der Waals surface area contributed by atoms with E-state index in [9.17, 15) is 0 Å². The fourth-order valence-corrected chi connectivity index (χ4v) is 2.63. The van der Waals surface area contributed by atoms with Gasteiger partial charge in [-0.15, -0.1) is 0 Å². The molecule has 0 bridgehead atoms.